The van der Waals surface area contributed by atoms with Gasteiger partial charge >= 0.3 is 0 Å². The Kier molecular flexibility index (Phi) is 5.66. The molecule has 106 valence electrons. The number of ketones is 2. The highest BCUT2D eigenvalue weighted by Gasteiger charge is 2.22. The smallest absolute Gasteiger partial charge is 0.230 e. The number of rotatable bonds is 4. The molecule has 1 fully saturated rings. The fourth-order valence-electron chi connectivity index (χ4n) is 2.07. The Labute approximate surface area is 112 Å². The minimum Gasteiger partial charge on any atom is -0.340 e. The Morgan fingerprint density at radius 1 is 0.737 bits per heavy atom. The summed E-state index contributed by atoms with van der Waals surface area (Å²) in [6.07, 6.45) is 0.510. The van der Waals surface area contributed by atoms with Crippen molar-refractivity contribution in [1.82, 2.24) is 9.80 Å². The molecule has 2 amide bonds. The van der Waals surface area contributed by atoms with Gasteiger partial charge in [-0.05, 0) is 20.3 Å². The normalized spacial score (nSPS) is 15.9. The molecule has 1 aliphatic rings. The lowest BCUT2D eigenvalue weighted by molar-refractivity contribution is -0.137. The van der Waals surface area contributed by atoms with Gasteiger partial charge in [0.25, 0.3) is 0 Å². The molecule has 19 heavy (non-hydrogen) atoms. The van der Waals surface area contributed by atoms with Crippen LogP contribution in [0.25, 0.3) is 0 Å². The van der Waals surface area contributed by atoms with Crippen molar-refractivity contribution in [2.24, 2.45) is 0 Å². The maximum Gasteiger partial charge on any atom is 0.230 e. The second kappa shape index (κ2) is 7.01. The van der Waals surface area contributed by atoms with Gasteiger partial charge in [-0.1, -0.05) is 0 Å². The first-order valence-electron chi connectivity index (χ1n) is 6.44. The molecule has 0 bridgehead atoms. The van der Waals surface area contributed by atoms with E-state index in [4.69, 9.17) is 0 Å². The number of carbonyl (C=O) groups excluding carboxylic acids is 4. The minimum absolute atomic E-state index is 0.0820. The predicted molar refractivity (Wildman–Crippen MR) is 68.4 cm³/mol. The molecule has 0 aromatic heterocycles. The first kappa shape index (κ1) is 15.3. The van der Waals surface area contributed by atoms with Gasteiger partial charge < -0.3 is 9.80 Å². The standard InChI is InChI=1S/C13H20N2O4/c1-10(16)8-12(18)14-4-3-5-15(7-6-14)13(19)9-11(2)17/h3-9H2,1-2H3. The summed E-state index contributed by atoms with van der Waals surface area (Å²) in [7, 11) is 0. The van der Waals surface area contributed by atoms with Crippen molar-refractivity contribution in [3.8, 4) is 0 Å². The molecular weight excluding hydrogens is 248 g/mol. The van der Waals surface area contributed by atoms with Crippen LogP contribution in [0.5, 0.6) is 0 Å². The Balaban J connectivity index is 2.51. The lowest BCUT2D eigenvalue weighted by Gasteiger charge is -2.21. The fourth-order valence-corrected chi connectivity index (χ4v) is 2.07. The summed E-state index contributed by atoms with van der Waals surface area (Å²) in [5.74, 6) is -0.681. The van der Waals surface area contributed by atoms with E-state index in [1.165, 1.54) is 13.8 Å². The van der Waals surface area contributed by atoms with Crippen LogP contribution in [0.15, 0.2) is 0 Å². The zero-order valence-corrected chi connectivity index (χ0v) is 11.5. The van der Waals surface area contributed by atoms with Crippen LogP contribution in [-0.2, 0) is 19.2 Å². The van der Waals surface area contributed by atoms with E-state index in [1.807, 2.05) is 0 Å². The molecule has 1 aliphatic heterocycles. The van der Waals surface area contributed by atoms with E-state index < -0.39 is 0 Å². The van der Waals surface area contributed by atoms with Crippen molar-refractivity contribution in [2.75, 3.05) is 26.2 Å². The highest BCUT2D eigenvalue weighted by molar-refractivity contribution is 5.97. The van der Waals surface area contributed by atoms with Crippen LogP contribution >= 0.6 is 0 Å². The third kappa shape index (κ3) is 5.19. The van der Waals surface area contributed by atoms with Crippen LogP contribution < -0.4 is 0 Å². The van der Waals surface area contributed by atoms with Crippen molar-refractivity contribution in [2.45, 2.75) is 33.1 Å². The highest BCUT2D eigenvalue weighted by Crippen LogP contribution is 2.07. The molecule has 6 heteroatoms. The third-order valence-corrected chi connectivity index (χ3v) is 3.00. The first-order valence-corrected chi connectivity index (χ1v) is 6.44. The van der Waals surface area contributed by atoms with Crippen molar-refractivity contribution >= 4 is 23.4 Å². The summed E-state index contributed by atoms with van der Waals surface area (Å²) in [4.78, 5) is 48.6. The summed E-state index contributed by atoms with van der Waals surface area (Å²) in [5, 5.41) is 0. The Morgan fingerprint density at radius 3 is 1.42 bits per heavy atom. The number of Topliss-reactive ketones (excluding diaryl/α,β-unsaturated/α-hetero) is 2. The van der Waals surface area contributed by atoms with E-state index in [0.29, 0.717) is 32.6 Å². The molecule has 1 rings (SSSR count). The molecule has 1 saturated heterocycles. The fraction of sp³-hybridized carbons (Fsp3) is 0.692. The van der Waals surface area contributed by atoms with Gasteiger partial charge in [0, 0.05) is 26.2 Å². The molecule has 6 nitrogen and oxygen atoms in total. The Morgan fingerprint density at radius 2 is 1.11 bits per heavy atom. The van der Waals surface area contributed by atoms with E-state index in [9.17, 15) is 19.2 Å². The molecule has 0 spiro atoms. The highest BCUT2D eigenvalue weighted by atomic mass is 16.2. The SMILES string of the molecule is CC(=O)CC(=O)N1CCCN(C(=O)CC(C)=O)CC1. The molecule has 0 aliphatic carbocycles. The second-order valence-corrected chi connectivity index (χ2v) is 4.87. The molecule has 0 N–H and O–H groups in total. The van der Waals surface area contributed by atoms with E-state index in [2.05, 4.69) is 0 Å². The van der Waals surface area contributed by atoms with E-state index in [-0.39, 0.29) is 36.2 Å². The maximum absolute atomic E-state index is 11.8. The summed E-state index contributed by atoms with van der Waals surface area (Å²) in [6.45, 7) is 4.73. The summed E-state index contributed by atoms with van der Waals surface area (Å²) >= 11 is 0. The monoisotopic (exact) mass is 268 g/mol. The van der Waals surface area contributed by atoms with E-state index in [1.54, 1.807) is 9.80 Å². The summed E-state index contributed by atoms with van der Waals surface area (Å²) < 4.78 is 0. The molecule has 0 saturated carbocycles. The number of hydrogen-bond donors (Lipinski definition) is 0. The van der Waals surface area contributed by atoms with Crippen molar-refractivity contribution in [3.63, 3.8) is 0 Å². The van der Waals surface area contributed by atoms with Gasteiger partial charge in [0.15, 0.2) is 0 Å². The maximum atomic E-state index is 11.8. The Bertz CT molecular complexity index is 356. The lowest BCUT2D eigenvalue weighted by atomic mass is 10.2. The van der Waals surface area contributed by atoms with Gasteiger partial charge in [0.2, 0.25) is 11.8 Å². The van der Waals surface area contributed by atoms with Gasteiger partial charge in [-0.3, -0.25) is 19.2 Å². The first-order chi connectivity index (χ1) is 8.90. The average Bonchev–Trinajstić information content (AvgIpc) is 2.52. The van der Waals surface area contributed by atoms with Gasteiger partial charge in [0.05, 0.1) is 12.8 Å². The zero-order chi connectivity index (χ0) is 14.4. The topological polar surface area (TPSA) is 74.8 Å². The van der Waals surface area contributed by atoms with Crippen LogP contribution in [0, 0.1) is 0 Å². The molecule has 0 aromatic rings. The summed E-state index contributed by atoms with van der Waals surface area (Å²) in [6, 6.07) is 0. The molecule has 0 atom stereocenters. The Hall–Kier alpha value is -1.72. The quantitative estimate of drug-likeness (QED) is 0.673. The molecule has 1 heterocycles. The molecule has 0 unspecified atom stereocenters. The molecule has 0 aromatic carbocycles. The van der Waals surface area contributed by atoms with Crippen molar-refractivity contribution in [3.05, 3.63) is 0 Å². The van der Waals surface area contributed by atoms with Crippen LogP contribution in [0.1, 0.15) is 33.1 Å². The van der Waals surface area contributed by atoms with Gasteiger partial charge in [-0.25, -0.2) is 0 Å². The number of nitrogens with zero attached hydrogens (tertiary/aromatic N) is 2. The lowest BCUT2D eigenvalue weighted by Crippen LogP contribution is -2.38. The van der Waals surface area contributed by atoms with Crippen LogP contribution in [0.2, 0.25) is 0 Å². The van der Waals surface area contributed by atoms with Crippen LogP contribution in [0.4, 0.5) is 0 Å². The second-order valence-electron chi connectivity index (χ2n) is 4.87. The van der Waals surface area contributed by atoms with Gasteiger partial charge in [-0.2, -0.15) is 0 Å². The van der Waals surface area contributed by atoms with E-state index in [0.717, 1.165) is 0 Å². The van der Waals surface area contributed by atoms with Crippen LogP contribution in [-0.4, -0.2) is 59.4 Å². The van der Waals surface area contributed by atoms with Gasteiger partial charge in [-0.15, -0.1) is 0 Å². The predicted octanol–water partition coefficient (Wildman–Crippen LogP) is 0.00550. The largest absolute Gasteiger partial charge is 0.340 e. The minimum atomic E-state index is -0.187. The number of hydrogen-bond acceptors (Lipinski definition) is 4. The number of amides is 2. The van der Waals surface area contributed by atoms with E-state index >= 15 is 0 Å². The zero-order valence-electron chi connectivity index (χ0n) is 11.5. The van der Waals surface area contributed by atoms with Gasteiger partial charge in [0.1, 0.15) is 11.6 Å². The van der Waals surface area contributed by atoms with Crippen molar-refractivity contribution < 1.29 is 19.2 Å². The summed E-state index contributed by atoms with van der Waals surface area (Å²) in [5.41, 5.74) is 0. The van der Waals surface area contributed by atoms with Crippen LogP contribution in [0.3, 0.4) is 0 Å². The van der Waals surface area contributed by atoms with Crippen molar-refractivity contribution in [1.29, 1.82) is 0 Å². The average molecular weight is 268 g/mol. The number of carbonyl (C=O) groups is 4. The molecular formula is C13H20N2O4. The third-order valence-electron chi connectivity index (χ3n) is 3.00. The molecule has 0 radical (unpaired) electrons.